The summed E-state index contributed by atoms with van der Waals surface area (Å²) in [4.78, 5) is 11.5. The maximum atomic E-state index is 12.6. The molecule has 1 aliphatic rings. The highest BCUT2D eigenvalue weighted by Gasteiger charge is 2.32. The molecule has 0 unspecified atom stereocenters. The Kier molecular flexibility index (Phi) is 4.28. The minimum atomic E-state index is -3.70. The number of anilines is 1. The highest BCUT2D eigenvalue weighted by Crippen LogP contribution is 2.44. The molecule has 1 aliphatic carbocycles. The normalized spacial score (nSPS) is 14.0. The molecule has 0 aliphatic heterocycles. The van der Waals surface area contributed by atoms with E-state index in [1.807, 2.05) is 6.07 Å². The Balaban J connectivity index is 1.52. The van der Waals surface area contributed by atoms with Crippen LogP contribution in [-0.4, -0.2) is 28.4 Å². The van der Waals surface area contributed by atoms with Gasteiger partial charge in [0.25, 0.3) is 15.9 Å². The van der Waals surface area contributed by atoms with Crippen LogP contribution in [0.5, 0.6) is 0 Å². The molecule has 0 amide bonds. The fourth-order valence-electron chi connectivity index (χ4n) is 3.34. The molecule has 1 saturated carbocycles. The van der Waals surface area contributed by atoms with E-state index < -0.39 is 15.8 Å². The first-order chi connectivity index (χ1) is 14.5. The molecule has 5 rings (SSSR count). The Hall–Kier alpha value is -3.66. The number of aromatic amines is 1. The van der Waals surface area contributed by atoms with E-state index in [0.717, 1.165) is 18.5 Å². The number of hydrogen-bond acceptors (Lipinski definition) is 6. The lowest BCUT2D eigenvalue weighted by Crippen LogP contribution is -2.13. The number of H-pyrrole nitrogens is 1. The zero-order valence-electron chi connectivity index (χ0n) is 15.6. The largest absolute Gasteiger partial charge is 0.434 e. The van der Waals surface area contributed by atoms with E-state index in [2.05, 4.69) is 20.0 Å². The van der Waals surface area contributed by atoms with Gasteiger partial charge in [0.1, 0.15) is 0 Å². The predicted molar refractivity (Wildman–Crippen MR) is 109 cm³/mol. The van der Waals surface area contributed by atoms with Crippen molar-refractivity contribution in [1.82, 2.24) is 20.0 Å². The summed E-state index contributed by atoms with van der Waals surface area (Å²) in [6.07, 6.45) is 3.59. The van der Waals surface area contributed by atoms with Crippen molar-refractivity contribution in [3.63, 3.8) is 0 Å². The maximum Gasteiger partial charge on any atom is 0.434 e. The molecule has 30 heavy (non-hydrogen) atoms. The van der Waals surface area contributed by atoms with E-state index in [-0.39, 0.29) is 16.7 Å². The summed E-state index contributed by atoms with van der Waals surface area (Å²) in [5.74, 6) is -0.167. The third-order valence-corrected chi connectivity index (χ3v) is 6.23. The van der Waals surface area contributed by atoms with Gasteiger partial charge in [0.2, 0.25) is 0 Å². The summed E-state index contributed by atoms with van der Waals surface area (Å²) in [7, 11) is -3.70. The summed E-state index contributed by atoms with van der Waals surface area (Å²) >= 11 is 0. The van der Waals surface area contributed by atoms with Crippen molar-refractivity contribution in [2.45, 2.75) is 23.7 Å². The van der Waals surface area contributed by atoms with Gasteiger partial charge in [0.05, 0.1) is 33.7 Å². The molecule has 2 heterocycles. The van der Waals surface area contributed by atoms with Crippen LogP contribution in [0.3, 0.4) is 0 Å². The van der Waals surface area contributed by atoms with Crippen molar-refractivity contribution >= 4 is 15.7 Å². The molecule has 10 heteroatoms. The molecular weight excluding hydrogens is 406 g/mol. The fraction of sp³-hybridized carbons (Fsp3) is 0.150. The third-order valence-electron chi connectivity index (χ3n) is 4.84. The number of rotatable bonds is 6. The topological polar surface area (TPSA) is 123 Å². The van der Waals surface area contributed by atoms with E-state index >= 15 is 0 Å². The fourth-order valence-corrected chi connectivity index (χ4v) is 4.41. The Morgan fingerprint density at radius 1 is 1.10 bits per heavy atom. The first-order valence-corrected chi connectivity index (χ1v) is 10.8. The summed E-state index contributed by atoms with van der Waals surface area (Å²) in [5, 5.41) is 10.6. The quantitative estimate of drug-likeness (QED) is 0.492. The summed E-state index contributed by atoms with van der Waals surface area (Å²) in [6.45, 7) is 0. The SMILES string of the molecule is O=c1[nH]nc(-c2cnn(-c3cccc(NS(=O)(=O)c4ccccc4)c3)c2C2CC2)o1. The van der Waals surface area contributed by atoms with Gasteiger partial charge < -0.3 is 4.42 Å². The average Bonchev–Trinajstić information content (AvgIpc) is 3.34. The third kappa shape index (κ3) is 3.41. The number of hydrogen-bond donors (Lipinski definition) is 2. The number of benzene rings is 2. The second kappa shape index (κ2) is 6.99. The molecule has 4 aromatic rings. The lowest BCUT2D eigenvalue weighted by atomic mass is 10.1. The molecule has 0 atom stereocenters. The van der Waals surface area contributed by atoms with Crippen LogP contribution in [0.25, 0.3) is 17.1 Å². The first-order valence-electron chi connectivity index (χ1n) is 9.33. The van der Waals surface area contributed by atoms with E-state index in [0.29, 0.717) is 16.9 Å². The molecule has 0 saturated heterocycles. The Bertz CT molecular complexity index is 1370. The van der Waals surface area contributed by atoms with E-state index in [4.69, 9.17) is 4.42 Å². The lowest BCUT2D eigenvalue weighted by Gasteiger charge is -2.12. The van der Waals surface area contributed by atoms with Crippen molar-refractivity contribution in [2.24, 2.45) is 0 Å². The smallest absolute Gasteiger partial charge is 0.388 e. The van der Waals surface area contributed by atoms with Crippen LogP contribution in [0.1, 0.15) is 24.5 Å². The first kappa shape index (κ1) is 18.4. The van der Waals surface area contributed by atoms with Gasteiger partial charge in [-0.1, -0.05) is 24.3 Å². The van der Waals surface area contributed by atoms with Crippen molar-refractivity contribution in [2.75, 3.05) is 4.72 Å². The number of nitrogens with zero attached hydrogens (tertiary/aromatic N) is 3. The van der Waals surface area contributed by atoms with Crippen LogP contribution in [0.4, 0.5) is 5.69 Å². The summed E-state index contributed by atoms with van der Waals surface area (Å²) in [5.41, 5.74) is 2.63. The second-order valence-corrected chi connectivity index (χ2v) is 8.70. The van der Waals surface area contributed by atoms with Crippen molar-refractivity contribution < 1.29 is 12.8 Å². The standard InChI is InChI=1S/C20H17N5O4S/c26-20-23-22-19(29-20)17-12-21-25(18(17)13-9-10-13)15-6-4-5-14(11-15)24-30(27,28)16-7-2-1-3-8-16/h1-8,11-13,24H,9-10H2,(H,23,26). The van der Waals surface area contributed by atoms with E-state index in [9.17, 15) is 13.2 Å². The molecule has 152 valence electrons. The van der Waals surface area contributed by atoms with Crippen molar-refractivity contribution in [3.05, 3.63) is 77.0 Å². The van der Waals surface area contributed by atoms with E-state index in [1.165, 1.54) is 12.1 Å². The van der Waals surface area contributed by atoms with Gasteiger partial charge in [-0.3, -0.25) is 4.72 Å². The van der Waals surface area contributed by atoms with Crippen molar-refractivity contribution in [3.8, 4) is 17.1 Å². The van der Waals surface area contributed by atoms with Gasteiger partial charge in [-0.2, -0.15) is 5.10 Å². The highest BCUT2D eigenvalue weighted by molar-refractivity contribution is 7.92. The second-order valence-electron chi connectivity index (χ2n) is 7.02. The monoisotopic (exact) mass is 423 g/mol. The van der Waals surface area contributed by atoms with Gasteiger partial charge >= 0.3 is 5.76 Å². The molecule has 2 aromatic carbocycles. The number of nitrogens with one attached hydrogen (secondary N) is 2. The molecule has 0 spiro atoms. The number of sulfonamides is 1. The van der Waals surface area contributed by atoms with Crippen LogP contribution >= 0.6 is 0 Å². The summed E-state index contributed by atoms with van der Waals surface area (Å²) < 4.78 is 34.7. The van der Waals surface area contributed by atoms with E-state index in [1.54, 1.807) is 47.3 Å². The van der Waals surface area contributed by atoms with Gasteiger partial charge in [-0.15, -0.1) is 5.10 Å². The van der Waals surface area contributed by atoms with Crippen LogP contribution in [-0.2, 0) is 10.0 Å². The van der Waals surface area contributed by atoms with Crippen LogP contribution < -0.4 is 10.5 Å². The average molecular weight is 423 g/mol. The Morgan fingerprint density at radius 3 is 2.60 bits per heavy atom. The van der Waals surface area contributed by atoms with Gasteiger partial charge in [0.15, 0.2) is 0 Å². The lowest BCUT2D eigenvalue weighted by molar-refractivity contribution is 0.526. The van der Waals surface area contributed by atoms with Crippen LogP contribution in [0, 0.1) is 0 Å². The Labute approximate surface area is 171 Å². The molecule has 0 bridgehead atoms. The maximum absolute atomic E-state index is 12.6. The molecule has 1 fully saturated rings. The number of aromatic nitrogens is 4. The molecular formula is C20H17N5O4S. The molecule has 2 N–H and O–H groups in total. The zero-order chi connectivity index (χ0) is 20.7. The van der Waals surface area contributed by atoms with Gasteiger partial charge in [-0.05, 0) is 43.2 Å². The predicted octanol–water partition coefficient (Wildman–Crippen LogP) is 2.89. The summed E-state index contributed by atoms with van der Waals surface area (Å²) in [6, 6.07) is 15.2. The minimum Gasteiger partial charge on any atom is -0.388 e. The Morgan fingerprint density at radius 2 is 1.90 bits per heavy atom. The van der Waals surface area contributed by atoms with Crippen molar-refractivity contribution in [1.29, 1.82) is 0 Å². The van der Waals surface area contributed by atoms with Gasteiger partial charge in [0, 0.05) is 5.92 Å². The molecule has 0 radical (unpaired) electrons. The zero-order valence-corrected chi connectivity index (χ0v) is 16.5. The van der Waals surface area contributed by atoms with Gasteiger partial charge in [-0.25, -0.2) is 23.0 Å². The minimum absolute atomic E-state index is 0.184. The van der Waals surface area contributed by atoms with Crippen LogP contribution in [0.2, 0.25) is 0 Å². The molecule has 9 nitrogen and oxygen atoms in total. The highest BCUT2D eigenvalue weighted by atomic mass is 32.2. The molecule has 2 aromatic heterocycles. The van der Waals surface area contributed by atoms with Crippen LogP contribution in [0.15, 0.2) is 74.9 Å².